The van der Waals surface area contributed by atoms with E-state index in [1.807, 2.05) is 72.8 Å². The molecule has 138 valence electrons. The van der Waals surface area contributed by atoms with Crippen LogP contribution in [0.3, 0.4) is 0 Å². The Labute approximate surface area is 165 Å². The molecule has 4 aromatic rings. The average molecular weight is 388 g/mol. The van der Waals surface area contributed by atoms with Crippen molar-refractivity contribution in [3.8, 4) is 11.5 Å². The van der Waals surface area contributed by atoms with E-state index in [1.165, 1.54) is 11.3 Å². The van der Waals surface area contributed by atoms with Gasteiger partial charge >= 0.3 is 0 Å². The number of aromatic nitrogens is 1. The second-order valence-corrected chi connectivity index (χ2v) is 7.35. The summed E-state index contributed by atoms with van der Waals surface area (Å²) in [5.74, 6) is 1.02. The zero-order valence-corrected chi connectivity index (χ0v) is 15.6. The Kier molecular flexibility index (Phi) is 4.18. The number of carbonyl (C=O) groups excluding carboxylic acids is 1. The second-order valence-electron chi connectivity index (χ2n) is 6.34. The fraction of sp³-hybridized carbons (Fsp3) is 0.0909. The third-order valence-corrected chi connectivity index (χ3v) is 5.51. The number of para-hydroxylation sites is 4. The van der Waals surface area contributed by atoms with E-state index >= 15 is 0 Å². The highest BCUT2D eigenvalue weighted by Gasteiger charge is 2.34. The molecule has 0 spiro atoms. The van der Waals surface area contributed by atoms with Crippen LogP contribution < -0.4 is 14.4 Å². The fourth-order valence-corrected chi connectivity index (χ4v) is 4.14. The first kappa shape index (κ1) is 16.8. The van der Waals surface area contributed by atoms with E-state index < -0.39 is 6.10 Å². The molecule has 0 bridgehead atoms. The summed E-state index contributed by atoms with van der Waals surface area (Å²) in [5, 5.41) is 0.611. The van der Waals surface area contributed by atoms with Crippen LogP contribution in [0.2, 0.25) is 0 Å². The summed E-state index contributed by atoms with van der Waals surface area (Å²) in [4.78, 5) is 19.8. The summed E-state index contributed by atoms with van der Waals surface area (Å²) in [6, 6.07) is 24.7. The molecule has 0 saturated carbocycles. The van der Waals surface area contributed by atoms with Crippen LogP contribution in [-0.4, -0.2) is 23.6 Å². The third-order valence-electron chi connectivity index (χ3n) is 4.49. The van der Waals surface area contributed by atoms with Gasteiger partial charge < -0.3 is 9.47 Å². The van der Waals surface area contributed by atoms with E-state index in [-0.39, 0.29) is 12.5 Å². The molecule has 0 radical (unpaired) electrons. The molecule has 0 N–H and O–H groups in total. The number of nitrogens with zero attached hydrogens (tertiary/aromatic N) is 2. The average Bonchev–Trinajstić information content (AvgIpc) is 3.18. The van der Waals surface area contributed by atoms with E-state index in [1.54, 1.807) is 11.0 Å². The van der Waals surface area contributed by atoms with E-state index in [4.69, 9.17) is 9.47 Å². The topological polar surface area (TPSA) is 51.7 Å². The van der Waals surface area contributed by atoms with Gasteiger partial charge in [0.1, 0.15) is 6.61 Å². The van der Waals surface area contributed by atoms with Crippen LogP contribution in [0.4, 0.5) is 10.8 Å². The van der Waals surface area contributed by atoms with Gasteiger partial charge in [-0.15, -0.1) is 0 Å². The smallest absolute Gasteiger partial charge is 0.278 e. The van der Waals surface area contributed by atoms with Crippen LogP contribution in [0.5, 0.6) is 11.5 Å². The predicted octanol–water partition coefficient (Wildman–Crippen LogP) is 4.80. The van der Waals surface area contributed by atoms with Crippen molar-refractivity contribution in [2.45, 2.75) is 6.10 Å². The number of ether oxygens (including phenoxy) is 2. The molecule has 0 fully saturated rings. The Morgan fingerprint density at radius 1 is 0.929 bits per heavy atom. The van der Waals surface area contributed by atoms with E-state index in [0.29, 0.717) is 16.6 Å². The van der Waals surface area contributed by atoms with Crippen LogP contribution in [0.15, 0.2) is 78.9 Å². The summed E-state index contributed by atoms with van der Waals surface area (Å²) in [6.07, 6.45) is -0.748. The number of amides is 1. The van der Waals surface area contributed by atoms with Gasteiger partial charge in [0.05, 0.1) is 15.9 Å². The Balaban J connectivity index is 1.54. The first-order valence-corrected chi connectivity index (χ1v) is 9.74. The van der Waals surface area contributed by atoms with Gasteiger partial charge in [-0.05, 0) is 36.4 Å². The van der Waals surface area contributed by atoms with E-state index in [9.17, 15) is 4.79 Å². The maximum atomic E-state index is 13.5. The third kappa shape index (κ3) is 2.97. The monoisotopic (exact) mass is 388 g/mol. The Morgan fingerprint density at radius 2 is 1.64 bits per heavy atom. The van der Waals surface area contributed by atoms with Crippen molar-refractivity contribution in [3.63, 3.8) is 0 Å². The SMILES string of the molecule is O=C(C1COc2ccccc2O1)N(c1ccccc1)c1nc2ccccc2s1. The summed E-state index contributed by atoms with van der Waals surface area (Å²) in [7, 11) is 0. The number of hydrogen-bond acceptors (Lipinski definition) is 5. The van der Waals surface area contributed by atoms with Gasteiger partial charge in [0.15, 0.2) is 16.6 Å². The lowest BCUT2D eigenvalue weighted by molar-refractivity contribution is -0.126. The minimum Gasteiger partial charge on any atom is -0.485 e. The quantitative estimate of drug-likeness (QED) is 0.506. The zero-order chi connectivity index (χ0) is 18.9. The fourth-order valence-electron chi connectivity index (χ4n) is 3.15. The Bertz CT molecular complexity index is 1110. The van der Waals surface area contributed by atoms with Gasteiger partial charge in [0.25, 0.3) is 5.91 Å². The minimum absolute atomic E-state index is 0.157. The molecule has 1 aliphatic rings. The lowest BCUT2D eigenvalue weighted by Crippen LogP contribution is -2.44. The van der Waals surface area contributed by atoms with Gasteiger partial charge in [-0.1, -0.05) is 53.8 Å². The lowest BCUT2D eigenvalue weighted by atomic mass is 10.2. The van der Waals surface area contributed by atoms with Gasteiger partial charge in [-0.25, -0.2) is 4.98 Å². The van der Waals surface area contributed by atoms with Gasteiger partial charge in [-0.2, -0.15) is 0 Å². The maximum absolute atomic E-state index is 13.5. The molecule has 0 aliphatic carbocycles. The molecule has 1 aliphatic heterocycles. The van der Waals surface area contributed by atoms with Crippen LogP contribution in [0.1, 0.15) is 0 Å². The number of hydrogen-bond donors (Lipinski definition) is 0. The number of carbonyl (C=O) groups is 1. The van der Waals surface area contributed by atoms with Crippen LogP contribution in [0, 0.1) is 0 Å². The molecule has 1 amide bonds. The second kappa shape index (κ2) is 6.98. The van der Waals surface area contributed by atoms with Crippen molar-refractivity contribution >= 4 is 38.3 Å². The van der Waals surface area contributed by atoms with Crippen molar-refractivity contribution in [2.24, 2.45) is 0 Å². The van der Waals surface area contributed by atoms with Crippen molar-refractivity contribution in [2.75, 3.05) is 11.5 Å². The molecule has 6 heteroatoms. The number of rotatable bonds is 3. The van der Waals surface area contributed by atoms with Gasteiger partial charge in [0.2, 0.25) is 6.10 Å². The first-order valence-electron chi connectivity index (χ1n) is 8.93. The first-order chi connectivity index (χ1) is 13.8. The van der Waals surface area contributed by atoms with Gasteiger partial charge in [-0.3, -0.25) is 9.69 Å². The van der Waals surface area contributed by atoms with E-state index in [0.717, 1.165) is 15.9 Å². The summed E-state index contributed by atoms with van der Waals surface area (Å²) in [5.41, 5.74) is 1.61. The number of benzene rings is 3. The molecule has 3 aromatic carbocycles. The Morgan fingerprint density at radius 3 is 2.46 bits per heavy atom. The molecule has 1 atom stereocenters. The molecular formula is C22H16N2O3S. The molecule has 0 saturated heterocycles. The lowest BCUT2D eigenvalue weighted by Gasteiger charge is -2.29. The summed E-state index contributed by atoms with van der Waals surface area (Å²) < 4.78 is 12.7. The number of thiazole rings is 1. The van der Waals surface area contributed by atoms with Gasteiger partial charge in [0, 0.05) is 0 Å². The van der Waals surface area contributed by atoms with Crippen molar-refractivity contribution in [1.82, 2.24) is 4.98 Å². The van der Waals surface area contributed by atoms with Crippen molar-refractivity contribution < 1.29 is 14.3 Å². The molecule has 1 aromatic heterocycles. The summed E-state index contributed by atoms with van der Waals surface area (Å²) in [6.45, 7) is 0.157. The summed E-state index contributed by atoms with van der Waals surface area (Å²) >= 11 is 1.48. The van der Waals surface area contributed by atoms with Crippen LogP contribution >= 0.6 is 11.3 Å². The maximum Gasteiger partial charge on any atom is 0.278 e. The van der Waals surface area contributed by atoms with Crippen LogP contribution in [0.25, 0.3) is 10.2 Å². The predicted molar refractivity (Wildman–Crippen MR) is 110 cm³/mol. The Hall–Kier alpha value is -3.38. The normalized spacial score (nSPS) is 15.4. The van der Waals surface area contributed by atoms with Crippen molar-refractivity contribution in [1.29, 1.82) is 0 Å². The highest BCUT2D eigenvalue weighted by atomic mass is 32.1. The van der Waals surface area contributed by atoms with E-state index in [2.05, 4.69) is 4.98 Å². The van der Waals surface area contributed by atoms with Crippen LogP contribution in [-0.2, 0) is 4.79 Å². The molecule has 28 heavy (non-hydrogen) atoms. The minimum atomic E-state index is -0.748. The molecule has 5 nitrogen and oxygen atoms in total. The standard InChI is InChI=1S/C22H16N2O3S/c25-21(19-14-26-17-11-5-6-12-18(17)27-19)24(15-8-2-1-3-9-15)22-23-16-10-4-7-13-20(16)28-22/h1-13,19H,14H2. The molecular weight excluding hydrogens is 372 g/mol. The number of anilines is 2. The molecule has 5 rings (SSSR count). The van der Waals surface area contributed by atoms with Crippen molar-refractivity contribution in [3.05, 3.63) is 78.9 Å². The number of fused-ring (bicyclic) bond motifs is 2. The largest absolute Gasteiger partial charge is 0.485 e. The highest BCUT2D eigenvalue weighted by molar-refractivity contribution is 7.22. The zero-order valence-electron chi connectivity index (χ0n) is 14.8. The molecule has 1 unspecified atom stereocenters. The molecule has 2 heterocycles. The highest BCUT2D eigenvalue weighted by Crippen LogP contribution is 2.36.